The largest absolute Gasteiger partial charge is 0.416 e. The Morgan fingerprint density at radius 3 is 2.31 bits per heavy atom. The van der Waals surface area contributed by atoms with Crippen LogP contribution in [-0.2, 0) is 6.18 Å². The minimum absolute atomic E-state index is 0.0679. The first-order valence-electron chi connectivity index (χ1n) is 8.10. The van der Waals surface area contributed by atoms with Gasteiger partial charge in [-0.3, -0.25) is 9.59 Å². The number of nitrogens with zero attached hydrogens (tertiary/aromatic N) is 2. The Bertz CT molecular complexity index is 897. The van der Waals surface area contributed by atoms with E-state index < -0.39 is 23.1 Å². The topological polar surface area (TPSA) is 42.3 Å². The number of aromatic nitrogens is 1. The van der Waals surface area contributed by atoms with E-state index in [1.54, 1.807) is 11.5 Å². The molecule has 1 heterocycles. The van der Waals surface area contributed by atoms with Gasteiger partial charge in [-0.05, 0) is 38.5 Å². The molecular weight excluding hydrogens is 345 g/mol. The normalized spacial score (nSPS) is 11.7. The van der Waals surface area contributed by atoms with Crippen LogP contribution in [0.4, 0.5) is 13.2 Å². The van der Waals surface area contributed by atoms with E-state index >= 15 is 0 Å². The summed E-state index contributed by atoms with van der Waals surface area (Å²) in [6.07, 6.45) is -3.04. The lowest BCUT2D eigenvalue weighted by Crippen LogP contribution is -2.30. The second kappa shape index (κ2) is 6.97. The van der Waals surface area contributed by atoms with Crippen molar-refractivity contribution in [2.75, 3.05) is 14.1 Å². The van der Waals surface area contributed by atoms with E-state index in [0.717, 1.165) is 12.1 Å². The molecule has 0 unspecified atom stereocenters. The molecule has 1 aromatic heterocycles. The van der Waals surface area contributed by atoms with Gasteiger partial charge in [-0.1, -0.05) is 12.1 Å². The van der Waals surface area contributed by atoms with Crippen LogP contribution in [-0.4, -0.2) is 29.5 Å². The third-order valence-electron chi connectivity index (χ3n) is 4.16. The molecule has 0 saturated heterocycles. The first-order chi connectivity index (χ1) is 11.9. The molecule has 1 amide bonds. The molecule has 26 heavy (non-hydrogen) atoms. The average Bonchev–Trinajstić information content (AvgIpc) is 2.53. The smallest absolute Gasteiger partial charge is 0.348 e. The lowest BCUT2D eigenvalue weighted by atomic mass is 9.98. The van der Waals surface area contributed by atoms with Crippen LogP contribution in [0.2, 0.25) is 0 Å². The Hall–Kier alpha value is -2.57. The number of carbonyl (C=O) groups excluding carboxylic acids is 1. The molecule has 1 aromatic carbocycles. The Morgan fingerprint density at radius 2 is 1.81 bits per heavy atom. The predicted molar refractivity (Wildman–Crippen MR) is 94.3 cm³/mol. The molecule has 0 N–H and O–H groups in total. The summed E-state index contributed by atoms with van der Waals surface area (Å²) in [5.41, 5.74) is -0.712. The molecule has 2 aromatic rings. The third-order valence-corrected chi connectivity index (χ3v) is 4.16. The maximum Gasteiger partial charge on any atom is 0.416 e. The van der Waals surface area contributed by atoms with E-state index in [9.17, 15) is 22.8 Å². The Morgan fingerprint density at radius 1 is 1.19 bits per heavy atom. The molecule has 0 radical (unpaired) electrons. The predicted octanol–water partition coefficient (Wildman–Crippen LogP) is 4.13. The minimum Gasteiger partial charge on any atom is -0.348 e. The van der Waals surface area contributed by atoms with Crippen molar-refractivity contribution >= 4 is 5.91 Å². The van der Waals surface area contributed by atoms with Crippen molar-refractivity contribution in [3.63, 3.8) is 0 Å². The zero-order valence-electron chi connectivity index (χ0n) is 15.3. The zero-order chi connectivity index (χ0) is 19.8. The Balaban J connectivity index is 2.84. The molecule has 0 saturated carbocycles. The number of rotatable bonds is 3. The summed E-state index contributed by atoms with van der Waals surface area (Å²) in [5, 5.41) is 0. The fraction of sp³-hybridized carbons (Fsp3) is 0.368. The highest BCUT2D eigenvalue weighted by atomic mass is 19.4. The highest BCUT2D eigenvalue weighted by Gasteiger charge is 2.31. The van der Waals surface area contributed by atoms with Crippen LogP contribution in [0.25, 0.3) is 11.1 Å². The number of benzene rings is 1. The molecule has 0 fully saturated rings. The van der Waals surface area contributed by atoms with Gasteiger partial charge in [0.15, 0.2) is 0 Å². The zero-order valence-corrected chi connectivity index (χ0v) is 15.3. The average molecular weight is 366 g/mol. The summed E-state index contributed by atoms with van der Waals surface area (Å²) in [6.45, 7) is 5.41. The maximum atomic E-state index is 13.1. The fourth-order valence-electron chi connectivity index (χ4n) is 2.84. The summed E-state index contributed by atoms with van der Waals surface area (Å²) in [4.78, 5) is 26.6. The molecule has 2 rings (SSSR count). The van der Waals surface area contributed by atoms with Crippen molar-refractivity contribution in [2.24, 2.45) is 0 Å². The van der Waals surface area contributed by atoms with Crippen molar-refractivity contribution in [3.05, 3.63) is 57.5 Å². The van der Waals surface area contributed by atoms with E-state index in [1.807, 2.05) is 13.8 Å². The molecular formula is C19H21F3N2O2. The van der Waals surface area contributed by atoms with E-state index in [4.69, 9.17) is 0 Å². The van der Waals surface area contributed by atoms with Crippen LogP contribution >= 0.6 is 0 Å². The number of halogens is 3. The standard InChI is InChI=1S/C19H21F3N2O2/c1-11(2)24-10-15(18(26)23(4)5)17(25)16(12(24)3)13-7-6-8-14(9-13)19(20,21)22/h6-11H,1-5H3. The number of carbonyl (C=O) groups is 1. The number of amides is 1. The quantitative estimate of drug-likeness (QED) is 0.820. The van der Waals surface area contributed by atoms with Gasteiger partial charge in [0.25, 0.3) is 5.91 Å². The van der Waals surface area contributed by atoms with Crippen LogP contribution in [0.5, 0.6) is 0 Å². The first kappa shape index (κ1) is 19.8. The molecule has 0 aliphatic rings. The van der Waals surface area contributed by atoms with Gasteiger partial charge < -0.3 is 9.47 Å². The second-order valence-corrected chi connectivity index (χ2v) is 6.61. The number of hydrogen-bond acceptors (Lipinski definition) is 2. The number of hydrogen-bond donors (Lipinski definition) is 0. The summed E-state index contributed by atoms with van der Waals surface area (Å²) in [6, 6.07) is 4.53. The van der Waals surface area contributed by atoms with Gasteiger partial charge in [0, 0.05) is 37.6 Å². The summed E-state index contributed by atoms with van der Waals surface area (Å²) in [7, 11) is 3.04. The highest BCUT2D eigenvalue weighted by Crippen LogP contribution is 2.32. The molecule has 0 aliphatic carbocycles. The van der Waals surface area contributed by atoms with Gasteiger partial charge in [0.1, 0.15) is 5.56 Å². The lowest BCUT2D eigenvalue weighted by molar-refractivity contribution is -0.137. The van der Waals surface area contributed by atoms with Crippen LogP contribution in [0.15, 0.2) is 35.3 Å². The number of alkyl halides is 3. The monoisotopic (exact) mass is 366 g/mol. The van der Waals surface area contributed by atoms with E-state index in [0.29, 0.717) is 5.69 Å². The van der Waals surface area contributed by atoms with Crippen LogP contribution in [0.3, 0.4) is 0 Å². The van der Waals surface area contributed by atoms with E-state index in [1.165, 1.54) is 37.3 Å². The molecule has 4 nitrogen and oxygen atoms in total. The highest BCUT2D eigenvalue weighted by molar-refractivity contribution is 5.95. The second-order valence-electron chi connectivity index (χ2n) is 6.61. The van der Waals surface area contributed by atoms with Crippen LogP contribution in [0, 0.1) is 6.92 Å². The minimum atomic E-state index is -4.52. The summed E-state index contributed by atoms with van der Waals surface area (Å²) >= 11 is 0. The van der Waals surface area contributed by atoms with Gasteiger partial charge in [-0.15, -0.1) is 0 Å². The van der Waals surface area contributed by atoms with Crippen molar-refractivity contribution in [3.8, 4) is 11.1 Å². The molecule has 140 valence electrons. The summed E-state index contributed by atoms with van der Waals surface area (Å²) < 4.78 is 40.9. The number of pyridine rings is 1. The molecule has 0 bridgehead atoms. The Labute approximate surface area is 149 Å². The van der Waals surface area contributed by atoms with Crippen molar-refractivity contribution in [1.82, 2.24) is 9.47 Å². The van der Waals surface area contributed by atoms with Gasteiger partial charge >= 0.3 is 6.18 Å². The summed E-state index contributed by atoms with van der Waals surface area (Å²) in [5.74, 6) is -0.488. The van der Waals surface area contributed by atoms with Gasteiger partial charge in [0.05, 0.1) is 5.56 Å². The van der Waals surface area contributed by atoms with Gasteiger partial charge in [-0.25, -0.2) is 0 Å². The lowest BCUT2D eigenvalue weighted by Gasteiger charge is -2.21. The SMILES string of the molecule is Cc1c(-c2cccc(C(F)(F)F)c2)c(=O)c(C(=O)N(C)C)cn1C(C)C. The van der Waals surface area contributed by atoms with Crippen LogP contribution in [0.1, 0.15) is 41.5 Å². The van der Waals surface area contributed by atoms with E-state index in [-0.39, 0.29) is 22.7 Å². The van der Waals surface area contributed by atoms with Gasteiger partial charge in [-0.2, -0.15) is 13.2 Å². The molecule has 0 atom stereocenters. The molecule has 7 heteroatoms. The van der Waals surface area contributed by atoms with Gasteiger partial charge in [0.2, 0.25) is 5.43 Å². The first-order valence-corrected chi connectivity index (χ1v) is 8.10. The third kappa shape index (κ3) is 3.66. The van der Waals surface area contributed by atoms with Crippen LogP contribution < -0.4 is 5.43 Å². The maximum absolute atomic E-state index is 13.1. The fourth-order valence-corrected chi connectivity index (χ4v) is 2.84. The van der Waals surface area contributed by atoms with Crippen molar-refractivity contribution < 1.29 is 18.0 Å². The molecule has 0 aliphatic heterocycles. The Kier molecular flexibility index (Phi) is 5.30. The molecule has 0 spiro atoms. The van der Waals surface area contributed by atoms with E-state index in [2.05, 4.69) is 0 Å². The van der Waals surface area contributed by atoms with Crippen molar-refractivity contribution in [1.29, 1.82) is 0 Å². The van der Waals surface area contributed by atoms with Crippen molar-refractivity contribution in [2.45, 2.75) is 33.0 Å².